The number of hydrogen-bond acceptors (Lipinski definition) is 3. The van der Waals surface area contributed by atoms with Crippen molar-refractivity contribution in [3.05, 3.63) is 56.2 Å². The average molecular weight is 354 g/mol. The molecule has 0 fully saturated rings. The molecule has 0 amide bonds. The summed E-state index contributed by atoms with van der Waals surface area (Å²) in [5.74, 6) is -0.793. The van der Waals surface area contributed by atoms with Gasteiger partial charge in [0, 0.05) is 27.8 Å². The Morgan fingerprint density at radius 3 is 2.45 bits per heavy atom. The van der Waals surface area contributed by atoms with Crippen molar-refractivity contribution in [1.29, 1.82) is 0 Å². The first-order valence-corrected chi connectivity index (χ1v) is 7.91. The Balaban J connectivity index is 1.90. The first kappa shape index (κ1) is 15.2. The Bertz CT molecular complexity index is 580. The van der Waals surface area contributed by atoms with Crippen LogP contribution in [-0.2, 0) is 24.3 Å². The Labute approximate surface area is 131 Å². The molecule has 3 nitrogen and oxygen atoms in total. The molecule has 2 rings (SSSR count). The van der Waals surface area contributed by atoms with Crippen LogP contribution in [0.25, 0.3) is 0 Å². The van der Waals surface area contributed by atoms with Gasteiger partial charge in [0.25, 0.3) is 0 Å². The summed E-state index contributed by atoms with van der Waals surface area (Å²) >= 11 is 5.20. The van der Waals surface area contributed by atoms with E-state index in [1.54, 1.807) is 11.3 Å². The van der Waals surface area contributed by atoms with Crippen molar-refractivity contribution >= 4 is 33.2 Å². The van der Waals surface area contributed by atoms with E-state index in [-0.39, 0.29) is 6.42 Å². The number of carboxylic acids is 1. The number of rotatable bonds is 6. The van der Waals surface area contributed by atoms with Gasteiger partial charge >= 0.3 is 5.97 Å². The monoisotopic (exact) mass is 353 g/mol. The quantitative estimate of drug-likeness (QED) is 0.859. The number of carbonyl (C=O) groups is 1. The second-order valence-electron chi connectivity index (χ2n) is 4.79. The van der Waals surface area contributed by atoms with Crippen LogP contribution in [0.5, 0.6) is 0 Å². The van der Waals surface area contributed by atoms with E-state index in [1.165, 1.54) is 10.4 Å². The highest BCUT2D eigenvalue weighted by Gasteiger charge is 2.05. The number of hydrogen-bond donors (Lipinski definition) is 1. The first-order valence-electron chi connectivity index (χ1n) is 6.24. The fourth-order valence-corrected chi connectivity index (χ4v) is 3.54. The molecule has 106 valence electrons. The smallest absolute Gasteiger partial charge is 0.307 e. The number of nitrogens with zero attached hydrogens (tertiary/aromatic N) is 1. The Morgan fingerprint density at radius 1 is 1.25 bits per heavy atom. The second-order valence-corrected chi connectivity index (χ2v) is 6.70. The van der Waals surface area contributed by atoms with Gasteiger partial charge in [-0.2, -0.15) is 0 Å². The van der Waals surface area contributed by atoms with E-state index in [0.29, 0.717) is 0 Å². The summed E-state index contributed by atoms with van der Waals surface area (Å²) in [6.07, 6.45) is 0.0827. The molecule has 1 aromatic heterocycles. The lowest BCUT2D eigenvalue weighted by atomic mass is 10.1. The van der Waals surface area contributed by atoms with Gasteiger partial charge in [-0.15, -0.1) is 11.3 Å². The van der Waals surface area contributed by atoms with Crippen LogP contribution in [0.15, 0.2) is 40.2 Å². The molecular weight excluding hydrogens is 338 g/mol. The maximum Gasteiger partial charge on any atom is 0.307 e. The van der Waals surface area contributed by atoms with Crippen molar-refractivity contribution in [2.45, 2.75) is 19.5 Å². The van der Waals surface area contributed by atoms with E-state index >= 15 is 0 Å². The SMILES string of the molecule is CN(Cc1ccc(CC(=O)O)cc1)Cc1cc(Br)cs1. The van der Waals surface area contributed by atoms with Gasteiger partial charge in [-0.25, -0.2) is 0 Å². The van der Waals surface area contributed by atoms with E-state index < -0.39 is 5.97 Å². The molecule has 1 heterocycles. The summed E-state index contributed by atoms with van der Waals surface area (Å²) in [5.41, 5.74) is 2.03. The maximum absolute atomic E-state index is 10.6. The molecule has 0 bridgehead atoms. The Morgan fingerprint density at radius 2 is 1.90 bits per heavy atom. The van der Waals surface area contributed by atoms with Crippen LogP contribution in [-0.4, -0.2) is 23.0 Å². The van der Waals surface area contributed by atoms with Gasteiger partial charge < -0.3 is 5.11 Å². The van der Waals surface area contributed by atoms with Crippen molar-refractivity contribution in [3.63, 3.8) is 0 Å². The lowest BCUT2D eigenvalue weighted by molar-refractivity contribution is -0.136. The van der Waals surface area contributed by atoms with Crippen molar-refractivity contribution in [1.82, 2.24) is 4.90 Å². The van der Waals surface area contributed by atoms with E-state index in [0.717, 1.165) is 23.1 Å². The highest BCUT2D eigenvalue weighted by molar-refractivity contribution is 9.10. The van der Waals surface area contributed by atoms with Crippen molar-refractivity contribution < 1.29 is 9.90 Å². The number of benzene rings is 1. The van der Waals surface area contributed by atoms with E-state index in [2.05, 4.69) is 39.3 Å². The maximum atomic E-state index is 10.6. The van der Waals surface area contributed by atoms with Crippen LogP contribution in [0, 0.1) is 0 Å². The Hall–Kier alpha value is -1.17. The zero-order chi connectivity index (χ0) is 14.5. The third-order valence-corrected chi connectivity index (χ3v) is 4.56. The molecule has 0 saturated heterocycles. The topological polar surface area (TPSA) is 40.5 Å². The molecule has 1 N–H and O–H groups in total. The molecule has 0 atom stereocenters. The van der Waals surface area contributed by atoms with E-state index in [1.807, 2.05) is 24.3 Å². The zero-order valence-electron chi connectivity index (χ0n) is 11.2. The summed E-state index contributed by atoms with van der Waals surface area (Å²) in [6.45, 7) is 1.76. The standard InChI is InChI=1S/C15H16BrNO2S/c1-17(9-14-7-13(16)10-20-14)8-12-4-2-11(3-5-12)6-15(18)19/h2-5,7,10H,6,8-9H2,1H3,(H,18,19). The summed E-state index contributed by atoms with van der Waals surface area (Å²) in [7, 11) is 2.08. The number of halogens is 1. The summed E-state index contributed by atoms with van der Waals surface area (Å²) in [4.78, 5) is 14.2. The number of thiophene rings is 1. The van der Waals surface area contributed by atoms with Gasteiger partial charge in [-0.3, -0.25) is 9.69 Å². The molecule has 0 radical (unpaired) electrons. The molecule has 0 unspecified atom stereocenters. The number of carboxylic acid groups (broad SMARTS) is 1. The van der Waals surface area contributed by atoms with Gasteiger partial charge in [-0.1, -0.05) is 24.3 Å². The number of aliphatic carboxylic acids is 1. The minimum absolute atomic E-state index is 0.0827. The minimum atomic E-state index is -0.793. The molecule has 2 aromatic rings. The molecule has 5 heteroatoms. The molecule has 0 aliphatic heterocycles. The van der Waals surface area contributed by atoms with Crippen molar-refractivity contribution in [2.24, 2.45) is 0 Å². The fourth-order valence-electron chi connectivity index (χ4n) is 2.01. The molecule has 0 aliphatic rings. The average Bonchev–Trinajstić information content (AvgIpc) is 2.76. The third-order valence-electron chi connectivity index (χ3n) is 2.88. The van der Waals surface area contributed by atoms with Gasteiger partial charge in [-0.05, 0) is 40.2 Å². The lowest BCUT2D eigenvalue weighted by Gasteiger charge is -2.15. The summed E-state index contributed by atoms with van der Waals surface area (Å²) in [6, 6.07) is 9.91. The van der Waals surface area contributed by atoms with Crippen LogP contribution in [0.2, 0.25) is 0 Å². The van der Waals surface area contributed by atoms with Crippen LogP contribution in [0.3, 0.4) is 0 Å². The normalized spacial score (nSPS) is 10.9. The molecule has 1 aromatic carbocycles. The first-order chi connectivity index (χ1) is 9.52. The highest BCUT2D eigenvalue weighted by atomic mass is 79.9. The van der Waals surface area contributed by atoms with Crippen molar-refractivity contribution in [2.75, 3.05) is 7.05 Å². The Kier molecular flexibility index (Phi) is 5.34. The van der Waals surface area contributed by atoms with Crippen LogP contribution in [0.1, 0.15) is 16.0 Å². The third kappa shape index (κ3) is 4.74. The van der Waals surface area contributed by atoms with E-state index in [4.69, 9.17) is 5.11 Å². The molecule has 0 aliphatic carbocycles. The zero-order valence-corrected chi connectivity index (χ0v) is 13.6. The van der Waals surface area contributed by atoms with Gasteiger partial charge in [0.15, 0.2) is 0 Å². The van der Waals surface area contributed by atoms with Crippen LogP contribution < -0.4 is 0 Å². The summed E-state index contributed by atoms with van der Waals surface area (Å²) < 4.78 is 1.13. The van der Waals surface area contributed by atoms with Gasteiger partial charge in [0.1, 0.15) is 0 Å². The van der Waals surface area contributed by atoms with Crippen molar-refractivity contribution in [3.8, 4) is 0 Å². The predicted molar refractivity (Wildman–Crippen MR) is 85.0 cm³/mol. The highest BCUT2D eigenvalue weighted by Crippen LogP contribution is 2.21. The largest absolute Gasteiger partial charge is 0.481 e. The molecular formula is C15H16BrNO2S. The lowest BCUT2D eigenvalue weighted by Crippen LogP contribution is -2.16. The fraction of sp³-hybridized carbons (Fsp3) is 0.267. The molecule has 0 spiro atoms. The molecule has 0 saturated carbocycles. The van der Waals surface area contributed by atoms with Gasteiger partial charge in [0.2, 0.25) is 0 Å². The van der Waals surface area contributed by atoms with Crippen LogP contribution in [0.4, 0.5) is 0 Å². The minimum Gasteiger partial charge on any atom is -0.481 e. The predicted octanol–water partition coefficient (Wildman–Crippen LogP) is 3.77. The van der Waals surface area contributed by atoms with Gasteiger partial charge in [0.05, 0.1) is 6.42 Å². The van der Waals surface area contributed by atoms with Crippen LogP contribution >= 0.6 is 27.3 Å². The summed E-state index contributed by atoms with van der Waals surface area (Å²) in [5, 5.41) is 10.8. The molecule has 20 heavy (non-hydrogen) atoms. The van der Waals surface area contributed by atoms with E-state index in [9.17, 15) is 4.79 Å². The second kappa shape index (κ2) is 7.02.